The number of thiophene rings is 1. The fourth-order valence-corrected chi connectivity index (χ4v) is 6.04. The number of fused-ring (bicyclic) bond motifs is 1. The van der Waals surface area contributed by atoms with Gasteiger partial charge in [-0.2, -0.15) is 13.2 Å². The van der Waals surface area contributed by atoms with E-state index in [1.54, 1.807) is 12.1 Å². The van der Waals surface area contributed by atoms with E-state index < -0.39 is 33.3 Å². The summed E-state index contributed by atoms with van der Waals surface area (Å²) in [5.74, 6) is -0.531. The Morgan fingerprint density at radius 3 is 2.35 bits per heavy atom. The third-order valence-electron chi connectivity index (χ3n) is 4.68. The monoisotopic (exact) mass is 466 g/mol. The van der Waals surface area contributed by atoms with Crippen molar-refractivity contribution in [3.8, 4) is 11.1 Å². The number of nitrogens with one attached hydrogen (secondary N) is 1. The molecule has 4 aromatic rings. The predicted octanol–water partition coefficient (Wildman–Crippen LogP) is 6.23. The second-order valence-corrected chi connectivity index (χ2v) is 9.68. The van der Waals surface area contributed by atoms with E-state index in [9.17, 15) is 26.0 Å². The van der Waals surface area contributed by atoms with E-state index in [2.05, 4.69) is 9.71 Å². The first-order chi connectivity index (χ1) is 14.6. The Labute approximate surface area is 179 Å². The quantitative estimate of drug-likeness (QED) is 0.363. The van der Waals surface area contributed by atoms with Crippen molar-refractivity contribution in [2.45, 2.75) is 17.3 Å². The van der Waals surface area contributed by atoms with Crippen LogP contribution in [-0.2, 0) is 16.2 Å². The van der Waals surface area contributed by atoms with Crippen LogP contribution in [0, 0.1) is 12.7 Å². The molecule has 160 valence electrons. The smallest absolute Gasteiger partial charge is 0.278 e. The summed E-state index contributed by atoms with van der Waals surface area (Å²) in [5, 5.41) is 0.398. The van der Waals surface area contributed by atoms with Gasteiger partial charge in [-0.05, 0) is 71.5 Å². The van der Waals surface area contributed by atoms with Crippen LogP contribution in [0.25, 0.3) is 21.2 Å². The maximum Gasteiger partial charge on any atom is 0.418 e. The number of hydrogen-bond acceptors (Lipinski definition) is 4. The van der Waals surface area contributed by atoms with Crippen LogP contribution in [0.15, 0.2) is 65.1 Å². The number of pyridine rings is 1. The van der Waals surface area contributed by atoms with Crippen LogP contribution >= 0.6 is 11.3 Å². The van der Waals surface area contributed by atoms with Crippen LogP contribution in [0.4, 0.5) is 23.2 Å². The van der Waals surface area contributed by atoms with Crippen molar-refractivity contribution in [2.24, 2.45) is 0 Å². The van der Waals surface area contributed by atoms with Crippen molar-refractivity contribution in [1.29, 1.82) is 0 Å². The lowest BCUT2D eigenvalue weighted by molar-refractivity contribution is -0.136. The summed E-state index contributed by atoms with van der Waals surface area (Å²) < 4.78 is 83.0. The molecule has 0 atom stereocenters. The molecule has 2 aromatic carbocycles. The van der Waals surface area contributed by atoms with Gasteiger partial charge < -0.3 is 0 Å². The Morgan fingerprint density at radius 2 is 1.68 bits per heavy atom. The molecule has 0 spiro atoms. The number of benzene rings is 2. The molecule has 0 radical (unpaired) electrons. The van der Waals surface area contributed by atoms with E-state index in [0.29, 0.717) is 15.6 Å². The van der Waals surface area contributed by atoms with Crippen LogP contribution < -0.4 is 4.72 Å². The van der Waals surface area contributed by atoms with Gasteiger partial charge in [0.15, 0.2) is 0 Å². The van der Waals surface area contributed by atoms with Crippen molar-refractivity contribution < 1.29 is 26.0 Å². The Bertz CT molecular complexity index is 1380. The first kappa shape index (κ1) is 21.3. The lowest BCUT2D eigenvalue weighted by Crippen LogP contribution is -2.17. The molecule has 0 fully saturated rings. The molecule has 10 heteroatoms. The van der Waals surface area contributed by atoms with E-state index >= 15 is 0 Å². The van der Waals surface area contributed by atoms with E-state index in [1.807, 2.05) is 0 Å². The second kappa shape index (κ2) is 7.61. The molecule has 4 rings (SSSR count). The number of alkyl halides is 3. The summed E-state index contributed by atoms with van der Waals surface area (Å²) in [6.45, 7) is 1.49. The average Bonchev–Trinajstić information content (AvgIpc) is 3.05. The van der Waals surface area contributed by atoms with Gasteiger partial charge in [-0.1, -0.05) is 6.07 Å². The SMILES string of the molecule is Cc1c(S(=O)(=O)Nc2ccc(-c3ccncc3)cc2C(F)(F)F)sc2ccc(F)cc12. The van der Waals surface area contributed by atoms with Gasteiger partial charge in [0.05, 0.1) is 11.3 Å². The summed E-state index contributed by atoms with van der Waals surface area (Å²) >= 11 is 0.867. The fraction of sp³-hybridized carbons (Fsp3) is 0.0952. The van der Waals surface area contributed by atoms with Crippen LogP contribution in [-0.4, -0.2) is 13.4 Å². The van der Waals surface area contributed by atoms with Crippen LogP contribution in [0.2, 0.25) is 0 Å². The molecule has 0 amide bonds. The minimum atomic E-state index is -4.79. The molecule has 2 heterocycles. The Hall–Kier alpha value is -2.98. The first-order valence-corrected chi connectivity index (χ1v) is 11.2. The number of aryl methyl sites for hydroxylation is 1. The van der Waals surface area contributed by atoms with Gasteiger partial charge in [-0.15, -0.1) is 11.3 Å². The molecule has 0 aliphatic carbocycles. The molecule has 0 bridgehead atoms. The molecular formula is C21H14F4N2O2S2. The number of hydrogen-bond donors (Lipinski definition) is 1. The molecule has 2 aromatic heterocycles. The molecule has 0 saturated carbocycles. The highest BCUT2D eigenvalue weighted by Crippen LogP contribution is 2.40. The zero-order valence-electron chi connectivity index (χ0n) is 15.9. The Morgan fingerprint density at radius 1 is 0.968 bits per heavy atom. The predicted molar refractivity (Wildman–Crippen MR) is 112 cm³/mol. The second-order valence-electron chi connectivity index (χ2n) is 6.75. The maximum atomic E-state index is 13.7. The zero-order chi connectivity index (χ0) is 22.4. The molecule has 0 unspecified atom stereocenters. The molecule has 0 aliphatic rings. The van der Waals surface area contributed by atoms with Crippen molar-refractivity contribution in [3.63, 3.8) is 0 Å². The summed E-state index contributed by atoms with van der Waals surface area (Å²) in [6, 6.07) is 10.3. The standard InChI is InChI=1S/C21H14F4N2O2S2/c1-12-16-11-15(22)3-5-19(16)30-20(12)31(28,29)27-18-4-2-14(10-17(18)21(23,24)25)13-6-8-26-9-7-13/h2-11,27H,1H3. The van der Waals surface area contributed by atoms with Gasteiger partial charge in [0.25, 0.3) is 10.0 Å². The zero-order valence-corrected chi connectivity index (χ0v) is 17.5. The van der Waals surface area contributed by atoms with Gasteiger partial charge in [0, 0.05) is 17.1 Å². The van der Waals surface area contributed by atoms with E-state index in [4.69, 9.17) is 0 Å². The van der Waals surface area contributed by atoms with E-state index in [1.165, 1.54) is 43.6 Å². The Kier molecular flexibility index (Phi) is 5.22. The highest BCUT2D eigenvalue weighted by Gasteiger charge is 2.35. The Balaban J connectivity index is 1.79. The number of aromatic nitrogens is 1. The number of sulfonamides is 1. The van der Waals surface area contributed by atoms with Gasteiger partial charge >= 0.3 is 6.18 Å². The number of nitrogens with zero attached hydrogens (tertiary/aromatic N) is 1. The minimum Gasteiger partial charge on any atom is -0.278 e. The van der Waals surface area contributed by atoms with Crippen molar-refractivity contribution in [1.82, 2.24) is 4.98 Å². The lowest BCUT2D eigenvalue weighted by atomic mass is 10.0. The molecular weight excluding hydrogens is 452 g/mol. The van der Waals surface area contributed by atoms with E-state index in [-0.39, 0.29) is 15.3 Å². The number of anilines is 1. The first-order valence-electron chi connectivity index (χ1n) is 8.89. The topological polar surface area (TPSA) is 59.1 Å². The number of halogens is 4. The van der Waals surface area contributed by atoms with Crippen LogP contribution in [0.1, 0.15) is 11.1 Å². The highest BCUT2D eigenvalue weighted by molar-refractivity contribution is 7.94. The van der Waals surface area contributed by atoms with Gasteiger partial charge in [0.2, 0.25) is 0 Å². The molecule has 31 heavy (non-hydrogen) atoms. The van der Waals surface area contributed by atoms with Gasteiger partial charge in [-0.3, -0.25) is 9.71 Å². The van der Waals surface area contributed by atoms with Crippen molar-refractivity contribution in [3.05, 3.63) is 77.9 Å². The minimum absolute atomic E-state index is 0.167. The third-order valence-corrected chi connectivity index (χ3v) is 7.94. The molecule has 0 saturated heterocycles. The third kappa shape index (κ3) is 4.13. The average molecular weight is 466 g/mol. The molecule has 0 aliphatic heterocycles. The molecule has 4 nitrogen and oxygen atoms in total. The van der Waals surface area contributed by atoms with Crippen LogP contribution in [0.5, 0.6) is 0 Å². The highest BCUT2D eigenvalue weighted by atomic mass is 32.2. The van der Waals surface area contributed by atoms with Gasteiger partial charge in [0.1, 0.15) is 10.0 Å². The van der Waals surface area contributed by atoms with E-state index in [0.717, 1.165) is 23.5 Å². The number of rotatable bonds is 4. The molecule has 1 N–H and O–H groups in total. The maximum absolute atomic E-state index is 13.7. The van der Waals surface area contributed by atoms with Crippen LogP contribution in [0.3, 0.4) is 0 Å². The summed E-state index contributed by atoms with van der Waals surface area (Å²) in [7, 11) is -4.34. The van der Waals surface area contributed by atoms with Gasteiger partial charge in [-0.25, -0.2) is 12.8 Å². The largest absolute Gasteiger partial charge is 0.418 e. The normalized spacial score (nSPS) is 12.3. The van der Waals surface area contributed by atoms with Crippen molar-refractivity contribution in [2.75, 3.05) is 4.72 Å². The lowest BCUT2D eigenvalue weighted by Gasteiger charge is -2.16. The summed E-state index contributed by atoms with van der Waals surface area (Å²) in [4.78, 5) is 3.84. The summed E-state index contributed by atoms with van der Waals surface area (Å²) in [5.41, 5.74) is -0.652. The van der Waals surface area contributed by atoms with Crippen molar-refractivity contribution >= 4 is 37.1 Å². The fourth-order valence-electron chi connectivity index (χ4n) is 3.21. The summed E-state index contributed by atoms with van der Waals surface area (Å²) in [6.07, 6.45) is -1.89.